The summed E-state index contributed by atoms with van der Waals surface area (Å²) >= 11 is 1.50. The first-order valence-corrected chi connectivity index (χ1v) is 10.4. The largest absolute Gasteiger partial charge is 0.497 e. The summed E-state index contributed by atoms with van der Waals surface area (Å²) in [5, 5.41) is 2.92. The number of methoxy groups -OCH3 is 2. The average molecular weight is 413 g/mol. The molecule has 1 atom stereocenters. The third kappa shape index (κ3) is 3.22. The molecule has 0 unspecified atom stereocenters. The number of hydrogen-bond donors (Lipinski definition) is 1. The molecule has 2 aliphatic heterocycles. The van der Waals surface area contributed by atoms with Gasteiger partial charge in [-0.3, -0.25) is 9.69 Å². The molecule has 0 radical (unpaired) electrons. The lowest BCUT2D eigenvalue weighted by atomic mass is 10.1. The zero-order valence-corrected chi connectivity index (χ0v) is 17.2. The van der Waals surface area contributed by atoms with E-state index in [1.165, 1.54) is 11.8 Å². The lowest BCUT2D eigenvalue weighted by Gasteiger charge is -2.33. The van der Waals surface area contributed by atoms with E-state index in [-0.39, 0.29) is 11.9 Å². The number of nitrogens with one attached hydrogen (secondary N) is 1. The lowest BCUT2D eigenvalue weighted by Crippen LogP contribution is -2.52. The summed E-state index contributed by atoms with van der Waals surface area (Å²) in [6.07, 6.45) is 0. The van der Waals surface area contributed by atoms with Gasteiger partial charge in [0, 0.05) is 43.3 Å². The number of anilines is 2. The molecular weight excluding hydrogens is 390 g/mol. The van der Waals surface area contributed by atoms with Gasteiger partial charge in [-0.25, -0.2) is 4.79 Å². The van der Waals surface area contributed by atoms with Crippen molar-refractivity contribution in [1.82, 2.24) is 4.90 Å². The summed E-state index contributed by atoms with van der Waals surface area (Å²) in [7, 11) is 3.19. The number of nitrogens with zero attached hydrogens (tertiary/aromatic N) is 2. The Kier molecular flexibility index (Phi) is 5.38. The van der Waals surface area contributed by atoms with E-state index in [0.29, 0.717) is 36.9 Å². The first-order valence-electron chi connectivity index (χ1n) is 9.39. The SMILES string of the molecule is COCCN1C(=O)[C@@]2(SCCN2C(=O)Nc2cccc(OC)c2)c2ccccc21. The number of benzene rings is 2. The zero-order chi connectivity index (χ0) is 20.4. The van der Waals surface area contributed by atoms with E-state index < -0.39 is 4.87 Å². The van der Waals surface area contributed by atoms with Gasteiger partial charge in [-0.15, -0.1) is 11.8 Å². The predicted octanol–water partition coefficient (Wildman–Crippen LogP) is 3.12. The van der Waals surface area contributed by atoms with E-state index in [1.54, 1.807) is 36.2 Å². The molecule has 4 rings (SSSR count). The monoisotopic (exact) mass is 413 g/mol. The second kappa shape index (κ2) is 7.96. The minimum atomic E-state index is -1.05. The highest BCUT2D eigenvalue weighted by molar-refractivity contribution is 8.01. The Labute approximate surface area is 174 Å². The Morgan fingerprint density at radius 2 is 2.03 bits per heavy atom. The maximum atomic E-state index is 13.6. The van der Waals surface area contributed by atoms with E-state index in [2.05, 4.69) is 5.32 Å². The van der Waals surface area contributed by atoms with Crippen LogP contribution < -0.4 is 15.0 Å². The summed E-state index contributed by atoms with van der Waals surface area (Å²) in [6, 6.07) is 14.5. The van der Waals surface area contributed by atoms with Gasteiger partial charge in [-0.2, -0.15) is 0 Å². The first-order chi connectivity index (χ1) is 14.1. The fraction of sp³-hybridized carbons (Fsp3) is 0.333. The number of hydrogen-bond acceptors (Lipinski definition) is 5. The molecule has 29 heavy (non-hydrogen) atoms. The number of rotatable bonds is 5. The van der Waals surface area contributed by atoms with Crippen molar-refractivity contribution in [3.8, 4) is 5.75 Å². The van der Waals surface area contributed by atoms with Crippen molar-refractivity contribution in [2.24, 2.45) is 0 Å². The molecule has 7 nitrogen and oxygen atoms in total. The summed E-state index contributed by atoms with van der Waals surface area (Å²) in [5.74, 6) is 1.24. The fourth-order valence-electron chi connectivity index (χ4n) is 3.86. The zero-order valence-electron chi connectivity index (χ0n) is 16.4. The number of para-hydroxylation sites is 1. The van der Waals surface area contributed by atoms with Gasteiger partial charge in [-0.1, -0.05) is 24.3 Å². The number of fused-ring (bicyclic) bond motifs is 2. The third-order valence-corrected chi connectivity index (χ3v) is 6.61. The molecule has 3 amide bonds. The van der Waals surface area contributed by atoms with Gasteiger partial charge in [0.05, 0.1) is 19.4 Å². The van der Waals surface area contributed by atoms with Crippen LogP contribution in [0.4, 0.5) is 16.2 Å². The molecule has 0 aliphatic carbocycles. The minimum Gasteiger partial charge on any atom is -0.497 e. The normalized spacial score (nSPS) is 20.3. The fourth-order valence-corrected chi connectivity index (χ4v) is 5.33. The molecule has 1 saturated heterocycles. The highest BCUT2D eigenvalue weighted by Gasteiger charge is 2.59. The maximum Gasteiger partial charge on any atom is 0.323 e. The average Bonchev–Trinajstić information content (AvgIpc) is 3.29. The number of urea groups is 1. The van der Waals surface area contributed by atoms with Gasteiger partial charge in [0.15, 0.2) is 4.87 Å². The van der Waals surface area contributed by atoms with Crippen LogP contribution >= 0.6 is 11.8 Å². The second-order valence-corrected chi connectivity index (χ2v) is 8.06. The van der Waals surface area contributed by atoms with Crippen molar-refractivity contribution in [2.75, 3.05) is 49.9 Å². The molecule has 152 valence electrons. The molecule has 2 heterocycles. The molecule has 1 fully saturated rings. The summed E-state index contributed by atoms with van der Waals surface area (Å²) in [6.45, 7) is 1.36. The van der Waals surface area contributed by atoms with Crippen LogP contribution in [0.1, 0.15) is 5.56 Å². The Morgan fingerprint density at radius 3 is 2.83 bits per heavy atom. The van der Waals surface area contributed by atoms with Crippen molar-refractivity contribution >= 4 is 35.1 Å². The Morgan fingerprint density at radius 1 is 1.21 bits per heavy atom. The molecule has 0 bridgehead atoms. The number of thioether (sulfide) groups is 1. The van der Waals surface area contributed by atoms with Gasteiger partial charge in [-0.05, 0) is 18.2 Å². The number of carbonyl (C=O) groups excluding carboxylic acids is 2. The van der Waals surface area contributed by atoms with Crippen molar-refractivity contribution in [1.29, 1.82) is 0 Å². The smallest absolute Gasteiger partial charge is 0.323 e. The van der Waals surface area contributed by atoms with Crippen LogP contribution in [-0.4, -0.2) is 56.5 Å². The highest BCUT2D eigenvalue weighted by atomic mass is 32.2. The summed E-state index contributed by atoms with van der Waals surface area (Å²) < 4.78 is 10.4. The molecular formula is C21H23N3O4S. The maximum absolute atomic E-state index is 13.6. The molecule has 0 aromatic heterocycles. The Balaban J connectivity index is 1.67. The molecule has 8 heteroatoms. The number of amides is 3. The number of carbonyl (C=O) groups is 2. The lowest BCUT2D eigenvalue weighted by molar-refractivity contribution is -0.123. The van der Waals surface area contributed by atoms with Crippen molar-refractivity contribution in [3.63, 3.8) is 0 Å². The third-order valence-electron chi connectivity index (χ3n) is 5.19. The minimum absolute atomic E-state index is 0.0981. The molecule has 2 aromatic carbocycles. The number of ether oxygens (including phenoxy) is 2. The first kappa shape index (κ1) is 19.6. The van der Waals surface area contributed by atoms with Crippen molar-refractivity contribution < 1.29 is 19.1 Å². The van der Waals surface area contributed by atoms with Crippen LogP contribution in [-0.2, 0) is 14.4 Å². The summed E-state index contributed by atoms with van der Waals surface area (Å²) in [5.41, 5.74) is 2.31. The van der Waals surface area contributed by atoms with Crippen molar-refractivity contribution in [3.05, 3.63) is 54.1 Å². The highest BCUT2D eigenvalue weighted by Crippen LogP contribution is 2.54. The topological polar surface area (TPSA) is 71.1 Å². The van der Waals surface area contributed by atoms with Crippen LogP contribution in [0, 0.1) is 0 Å². The molecule has 2 aromatic rings. The predicted molar refractivity (Wildman–Crippen MR) is 114 cm³/mol. The molecule has 2 aliphatic rings. The van der Waals surface area contributed by atoms with Crippen LogP contribution in [0.25, 0.3) is 0 Å². The van der Waals surface area contributed by atoms with Gasteiger partial charge < -0.3 is 19.7 Å². The van der Waals surface area contributed by atoms with Crippen LogP contribution in [0.3, 0.4) is 0 Å². The molecule has 0 saturated carbocycles. The van der Waals surface area contributed by atoms with Crippen LogP contribution in [0.5, 0.6) is 5.75 Å². The van der Waals surface area contributed by atoms with E-state index in [0.717, 1.165) is 11.3 Å². The van der Waals surface area contributed by atoms with E-state index in [9.17, 15) is 9.59 Å². The van der Waals surface area contributed by atoms with E-state index in [4.69, 9.17) is 9.47 Å². The quantitative estimate of drug-likeness (QED) is 0.816. The van der Waals surface area contributed by atoms with Gasteiger partial charge in [0.2, 0.25) is 0 Å². The summed E-state index contributed by atoms with van der Waals surface area (Å²) in [4.78, 5) is 29.1. The van der Waals surface area contributed by atoms with Gasteiger partial charge >= 0.3 is 6.03 Å². The van der Waals surface area contributed by atoms with Crippen LogP contribution in [0.2, 0.25) is 0 Å². The van der Waals surface area contributed by atoms with E-state index >= 15 is 0 Å². The van der Waals surface area contributed by atoms with Crippen LogP contribution in [0.15, 0.2) is 48.5 Å². The Hall–Kier alpha value is -2.71. The van der Waals surface area contributed by atoms with Gasteiger partial charge in [0.25, 0.3) is 5.91 Å². The van der Waals surface area contributed by atoms with Crippen molar-refractivity contribution in [2.45, 2.75) is 4.87 Å². The molecule has 1 spiro atoms. The van der Waals surface area contributed by atoms with E-state index in [1.807, 2.05) is 36.4 Å². The van der Waals surface area contributed by atoms with Gasteiger partial charge in [0.1, 0.15) is 5.75 Å². The molecule has 1 N–H and O–H groups in total. The standard InChI is InChI=1S/C21H23N3O4S/c1-27-12-10-23-18-9-4-3-8-17(18)21(19(23)25)24(11-13-29-21)20(26)22-15-6-5-7-16(14-15)28-2/h3-9,14H,10-13H2,1-2H3,(H,22,26)/t21-/m0/s1. The second-order valence-electron chi connectivity index (χ2n) is 6.77. The Bertz CT molecular complexity index is 938.